The molecule has 4 rings (SSSR count). The molecule has 0 saturated carbocycles. The quantitative estimate of drug-likeness (QED) is 0.363. The van der Waals surface area contributed by atoms with Crippen molar-refractivity contribution in [3.8, 4) is 5.75 Å². The van der Waals surface area contributed by atoms with Gasteiger partial charge in [-0.2, -0.15) is 13.5 Å². The van der Waals surface area contributed by atoms with Crippen LogP contribution in [-0.4, -0.2) is 26.3 Å². The zero-order valence-electron chi connectivity index (χ0n) is 16.4. The Hall–Kier alpha value is -3.58. The molecule has 152 valence electrons. The minimum absolute atomic E-state index is 0.118. The molecule has 0 atom stereocenters. The van der Waals surface area contributed by atoms with Crippen molar-refractivity contribution >= 4 is 27.1 Å². The number of para-hydroxylation sites is 1. The number of hydrogen-bond donors (Lipinski definition) is 1. The van der Waals surface area contributed by atoms with E-state index in [-0.39, 0.29) is 4.90 Å². The van der Waals surface area contributed by atoms with Crippen LogP contribution in [0.1, 0.15) is 11.1 Å². The second-order valence-electron chi connectivity index (χ2n) is 6.74. The van der Waals surface area contributed by atoms with E-state index in [0.29, 0.717) is 12.3 Å². The molecule has 1 aromatic heterocycles. The topological polar surface area (TPSA) is 72.7 Å². The summed E-state index contributed by atoms with van der Waals surface area (Å²) in [6.45, 7) is 0.715. The highest BCUT2D eigenvalue weighted by molar-refractivity contribution is 7.89. The van der Waals surface area contributed by atoms with Gasteiger partial charge in [0.15, 0.2) is 0 Å². The number of rotatable bonds is 7. The molecule has 3 aromatic carbocycles. The van der Waals surface area contributed by atoms with Crippen molar-refractivity contribution in [2.75, 3.05) is 7.11 Å². The summed E-state index contributed by atoms with van der Waals surface area (Å²) in [6.07, 6.45) is 3.51. The van der Waals surface area contributed by atoms with Crippen LogP contribution in [0.2, 0.25) is 0 Å². The van der Waals surface area contributed by atoms with Gasteiger partial charge in [-0.1, -0.05) is 48.5 Å². The van der Waals surface area contributed by atoms with Crippen molar-refractivity contribution < 1.29 is 13.2 Å². The molecule has 0 aliphatic carbocycles. The van der Waals surface area contributed by atoms with E-state index in [9.17, 15) is 8.42 Å². The van der Waals surface area contributed by atoms with Crippen LogP contribution in [0.4, 0.5) is 0 Å². The van der Waals surface area contributed by atoms with Gasteiger partial charge in [-0.05, 0) is 35.9 Å². The maximum Gasteiger partial charge on any atom is 0.276 e. The van der Waals surface area contributed by atoms with Gasteiger partial charge in [-0.25, -0.2) is 4.83 Å². The highest BCUT2D eigenvalue weighted by Gasteiger charge is 2.13. The molecule has 1 N–H and O–H groups in total. The molecule has 7 heteroatoms. The minimum Gasteiger partial charge on any atom is -0.497 e. The highest BCUT2D eigenvalue weighted by atomic mass is 32.2. The Balaban J connectivity index is 1.58. The fraction of sp³-hybridized carbons (Fsp3) is 0.0870. The molecule has 1 heterocycles. The summed E-state index contributed by atoms with van der Waals surface area (Å²) in [4.78, 5) is 2.39. The number of ether oxygens (including phenoxy) is 1. The zero-order valence-corrected chi connectivity index (χ0v) is 17.2. The van der Waals surface area contributed by atoms with Crippen LogP contribution < -0.4 is 9.57 Å². The minimum atomic E-state index is -3.76. The largest absolute Gasteiger partial charge is 0.497 e. The van der Waals surface area contributed by atoms with Gasteiger partial charge in [-0.3, -0.25) is 0 Å². The molecule has 0 spiro atoms. The second-order valence-corrected chi connectivity index (χ2v) is 8.40. The summed E-state index contributed by atoms with van der Waals surface area (Å²) in [5, 5.41) is 5.00. The van der Waals surface area contributed by atoms with Gasteiger partial charge < -0.3 is 9.30 Å². The van der Waals surface area contributed by atoms with Gasteiger partial charge in [0.2, 0.25) is 0 Å². The molecule has 0 radical (unpaired) electrons. The maximum absolute atomic E-state index is 12.5. The third kappa shape index (κ3) is 4.21. The first-order valence-electron chi connectivity index (χ1n) is 9.37. The summed E-state index contributed by atoms with van der Waals surface area (Å²) in [5.41, 5.74) is 3.07. The van der Waals surface area contributed by atoms with E-state index in [0.717, 1.165) is 16.5 Å². The van der Waals surface area contributed by atoms with E-state index in [1.807, 2.05) is 48.7 Å². The fourth-order valence-corrected chi connectivity index (χ4v) is 4.05. The van der Waals surface area contributed by atoms with Crippen LogP contribution >= 0.6 is 0 Å². The summed E-state index contributed by atoms with van der Waals surface area (Å²) in [6, 6.07) is 24.3. The van der Waals surface area contributed by atoms with Gasteiger partial charge in [0.05, 0.1) is 18.2 Å². The van der Waals surface area contributed by atoms with Gasteiger partial charge in [0.25, 0.3) is 10.0 Å². The third-order valence-corrected chi connectivity index (χ3v) is 6.00. The molecular formula is C23H21N3O3S. The Labute approximate surface area is 175 Å². The zero-order chi connectivity index (χ0) is 21.0. The smallest absolute Gasteiger partial charge is 0.276 e. The fourth-order valence-electron chi connectivity index (χ4n) is 3.26. The van der Waals surface area contributed by atoms with Crippen LogP contribution in [0.5, 0.6) is 5.75 Å². The molecule has 0 bridgehead atoms. The molecule has 0 amide bonds. The molecule has 0 aliphatic heterocycles. The van der Waals surface area contributed by atoms with Crippen molar-refractivity contribution in [1.82, 2.24) is 9.40 Å². The maximum atomic E-state index is 12.5. The molecule has 0 aliphatic rings. The number of hydrazone groups is 1. The van der Waals surface area contributed by atoms with Gasteiger partial charge >= 0.3 is 0 Å². The lowest BCUT2D eigenvalue weighted by atomic mass is 10.2. The average molecular weight is 420 g/mol. The van der Waals surface area contributed by atoms with Crippen molar-refractivity contribution in [3.63, 3.8) is 0 Å². The number of benzene rings is 3. The monoisotopic (exact) mass is 419 g/mol. The highest BCUT2D eigenvalue weighted by Crippen LogP contribution is 2.21. The molecule has 4 aromatic rings. The Morgan fingerprint density at radius 1 is 0.967 bits per heavy atom. The molecular weight excluding hydrogens is 398 g/mol. The number of methoxy groups -OCH3 is 1. The van der Waals surface area contributed by atoms with Gasteiger partial charge in [-0.15, -0.1) is 0 Å². The number of nitrogens with zero attached hydrogens (tertiary/aromatic N) is 2. The standard InChI is InChI=1S/C23H21N3O3S/c1-29-20-11-13-21(14-12-20)30(27,28)25-24-15-19-17-26(16-18-7-3-2-4-8-18)23-10-6-5-9-22(19)23/h2-15,17,25H,16H2,1H3/b24-15-. The third-order valence-electron chi connectivity index (χ3n) is 4.76. The number of sulfonamides is 1. The lowest BCUT2D eigenvalue weighted by Crippen LogP contribution is -2.18. The van der Waals surface area contributed by atoms with E-state index in [4.69, 9.17) is 4.74 Å². The molecule has 0 fully saturated rings. The van der Waals surface area contributed by atoms with Crippen molar-refractivity contribution in [3.05, 3.63) is 96.2 Å². The second kappa shape index (κ2) is 8.42. The molecule has 0 unspecified atom stereocenters. The Bertz CT molecular complexity index is 1280. The van der Waals surface area contributed by atoms with Gasteiger partial charge in [0.1, 0.15) is 5.75 Å². The van der Waals surface area contributed by atoms with Crippen LogP contribution in [0.15, 0.2) is 95.1 Å². The summed E-state index contributed by atoms with van der Waals surface area (Å²) < 4.78 is 32.1. The van der Waals surface area contributed by atoms with Crippen molar-refractivity contribution in [1.29, 1.82) is 0 Å². The van der Waals surface area contributed by atoms with E-state index < -0.39 is 10.0 Å². The summed E-state index contributed by atoms with van der Waals surface area (Å²) in [7, 11) is -2.23. The van der Waals surface area contributed by atoms with E-state index in [2.05, 4.69) is 26.6 Å². The van der Waals surface area contributed by atoms with E-state index in [1.165, 1.54) is 31.0 Å². The molecule has 30 heavy (non-hydrogen) atoms. The van der Waals surface area contributed by atoms with Crippen LogP contribution in [0, 0.1) is 0 Å². The Morgan fingerprint density at radius 3 is 2.40 bits per heavy atom. The first-order valence-corrected chi connectivity index (χ1v) is 10.9. The summed E-state index contributed by atoms with van der Waals surface area (Å²) in [5.74, 6) is 0.587. The van der Waals surface area contributed by atoms with E-state index in [1.54, 1.807) is 12.1 Å². The normalized spacial score (nSPS) is 11.8. The number of aromatic nitrogens is 1. The van der Waals surface area contributed by atoms with Crippen molar-refractivity contribution in [2.24, 2.45) is 5.10 Å². The summed E-state index contributed by atoms with van der Waals surface area (Å²) >= 11 is 0. The van der Waals surface area contributed by atoms with Crippen LogP contribution in [0.25, 0.3) is 10.9 Å². The number of hydrogen-bond acceptors (Lipinski definition) is 4. The number of nitrogens with one attached hydrogen (secondary N) is 1. The van der Waals surface area contributed by atoms with Gasteiger partial charge in [0, 0.05) is 29.2 Å². The number of fused-ring (bicyclic) bond motifs is 1. The van der Waals surface area contributed by atoms with Crippen LogP contribution in [-0.2, 0) is 16.6 Å². The first kappa shape index (κ1) is 19.7. The molecule has 0 saturated heterocycles. The van der Waals surface area contributed by atoms with E-state index >= 15 is 0 Å². The predicted molar refractivity (Wildman–Crippen MR) is 118 cm³/mol. The van der Waals surface area contributed by atoms with Crippen LogP contribution in [0.3, 0.4) is 0 Å². The average Bonchev–Trinajstić information content (AvgIpc) is 3.12. The van der Waals surface area contributed by atoms with Crippen molar-refractivity contribution in [2.45, 2.75) is 11.4 Å². The Kier molecular flexibility index (Phi) is 5.54. The lowest BCUT2D eigenvalue weighted by molar-refractivity contribution is 0.414. The lowest BCUT2D eigenvalue weighted by Gasteiger charge is -2.05. The SMILES string of the molecule is COc1ccc(S(=O)(=O)N/N=C\c2cn(Cc3ccccc3)c3ccccc23)cc1. The molecule has 6 nitrogen and oxygen atoms in total. The Morgan fingerprint density at radius 2 is 1.67 bits per heavy atom. The predicted octanol–water partition coefficient (Wildman–Crippen LogP) is 4.01. The first-order chi connectivity index (χ1) is 14.6.